The number of nitrogens with zero attached hydrogens (tertiary/aromatic N) is 1. The third-order valence-corrected chi connectivity index (χ3v) is 2.72. The summed E-state index contributed by atoms with van der Waals surface area (Å²) in [7, 11) is 1.78. The Bertz CT molecular complexity index is 167. The van der Waals surface area contributed by atoms with Crippen LogP contribution in [0.5, 0.6) is 0 Å². The largest absolute Gasteiger partial charge is 0.384 e. The second-order valence-electron chi connectivity index (χ2n) is 3.41. The Morgan fingerprint density at radius 1 is 1.64 bits per heavy atom. The van der Waals surface area contributed by atoms with E-state index in [-0.39, 0.29) is 0 Å². The molecule has 2 atom stereocenters. The summed E-state index contributed by atoms with van der Waals surface area (Å²) in [4.78, 5) is 2.45. The number of hydrogen-bond acceptors (Lipinski definition) is 2. The smallest absolute Gasteiger partial charge is 0.0545 e. The van der Waals surface area contributed by atoms with Gasteiger partial charge in [0.1, 0.15) is 0 Å². The van der Waals surface area contributed by atoms with Gasteiger partial charge in [0, 0.05) is 25.6 Å². The van der Waals surface area contributed by atoms with E-state index in [4.69, 9.17) is 4.74 Å². The minimum Gasteiger partial charge on any atom is -0.384 e. The van der Waals surface area contributed by atoms with E-state index >= 15 is 0 Å². The van der Waals surface area contributed by atoms with Crippen molar-refractivity contribution in [2.45, 2.75) is 18.9 Å². The summed E-state index contributed by atoms with van der Waals surface area (Å²) in [5.41, 5.74) is 0. The highest BCUT2D eigenvalue weighted by molar-refractivity contribution is 5.06. The minimum absolute atomic E-state index is 0.655. The van der Waals surface area contributed by atoms with Crippen LogP contribution in [0.2, 0.25) is 0 Å². The highest BCUT2D eigenvalue weighted by Crippen LogP contribution is 2.30. The monoisotopic (exact) mass is 153 g/mol. The Hall–Kier alpha value is -0.500. The van der Waals surface area contributed by atoms with Gasteiger partial charge in [0.15, 0.2) is 0 Å². The predicted molar refractivity (Wildman–Crippen MR) is 44.2 cm³/mol. The average molecular weight is 153 g/mol. The molecule has 0 aromatic carbocycles. The highest BCUT2D eigenvalue weighted by Gasteiger charge is 2.32. The lowest BCUT2D eigenvalue weighted by atomic mass is 10.0. The van der Waals surface area contributed by atoms with Crippen LogP contribution >= 0.6 is 0 Å². The first-order chi connectivity index (χ1) is 5.42. The molecule has 0 spiro atoms. The molecule has 0 aromatic rings. The third-order valence-electron chi connectivity index (χ3n) is 2.72. The Balaban J connectivity index is 1.98. The van der Waals surface area contributed by atoms with Gasteiger partial charge in [-0.25, -0.2) is 0 Å². The van der Waals surface area contributed by atoms with Crippen LogP contribution in [0.1, 0.15) is 12.8 Å². The van der Waals surface area contributed by atoms with E-state index in [9.17, 15) is 0 Å². The molecule has 11 heavy (non-hydrogen) atoms. The number of hydrogen-bond donors (Lipinski definition) is 0. The minimum atomic E-state index is 0.655. The second-order valence-corrected chi connectivity index (χ2v) is 3.41. The zero-order valence-corrected chi connectivity index (χ0v) is 6.99. The SMILES string of the molecule is COCC1C=CN2CCCC12. The molecule has 2 rings (SSSR count). The molecule has 0 radical (unpaired) electrons. The van der Waals surface area contributed by atoms with E-state index in [1.165, 1.54) is 19.4 Å². The van der Waals surface area contributed by atoms with Crippen molar-refractivity contribution in [1.29, 1.82) is 0 Å². The number of fused-ring (bicyclic) bond motifs is 1. The van der Waals surface area contributed by atoms with Gasteiger partial charge < -0.3 is 9.64 Å². The van der Waals surface area contributed by atoms with Gasteiger partial charge in [-0.15, -0.1) is 0 Å². The van der Waals surface area contributed by atoms with Gasteiger partial charge in [0.2, 0.25) is 0 Å². The molecule has 2 aliphatic heterocycles. The van der Waals surface area contributed by atoms with E-state index in [0.717, 1.165) is 12.6 Å². The van der Waals surface area contributed by atoms with Crippen molar-refractivity contribution in [3.8, 4) is 0 Å². The van der Waals surface area contributed by atoms with Crippen LogP contribution in [0.3, 0.4) is 0 Å². The van der Waals surface area contributed by atoms with Crippen molar-refractivity contribution in [1.82, 2.24) is 4.90 Å². The van der Waals surface area contributed by atoms with Crippen LogP contribution in [0, 0.1) is 5.92 Å². The van der Waals surface area contributed by atoms with E-state index in [1.54, 1.807) is 7.11 Å². The van der Waals surface area contributed by atoms with Crippen LogP contribution in [-0.4, -0.2) is 31.2 Å². The fourth-order valence-electron chi connectivity index (χ4n) is 2.17. The van der Waals surface area contributed by atoms with Gasteiger partial charge in [-0.2, -0.15) is 0 Å². The average Bonchev–Trinajstić information content (AvgIpc) is 2.53. The van der Waals surface area contributed by atoms with Crippen LogP contribution < -0.4 is 0 Å². The molecule has 2 heteroatoms. The summed E-state index contributed by atoms with van der Waals surface area (Å²) in [6.07, 6.45) is 7.23. The maximum Gasteiger partial charge on any atom is 0.0545 e. The third kappa shape index (κ3) is 1.16. The molecule has 0 aliphatic carbocycles. The molecule has 0 amide bonds. The summed E-state index contributed by atoms with van der Waals surface area (Å²) in [5.74, 6) is 0.655. The zero-order chi connectivity index (χ0) is 7.68. The zero-order valence-electron chi connectivity index (χ0n) is 6.99. The van der Waals surface area contributed by atoms with E-state index < -0.39 is 0 Å². The normalized spacial score (nSPS) is 34.8. The number of ether oxygens (including phenoxy) is 1. The second kappa shape index (κ2) is 2.86. The molecular formula is C9H15NO. The Kier molecular flexibility index (Phi) is 1.86. The first-order valence-corrected chi connectivity index (χ1v) is 4.35. The molecular weight excluding hydrogens is 138 g/mol. The van der Waals surface area contributed by atoms with Crippen molar-refractivity contribution in [3.63, 3.8) is 0 Å². The van der Waals surface area contributed by atoms with Gasteiger partial charge in [0.25, 0.3) is 0 Å². The summed E-state index contributed by atoms with van der Waals surface area (Å²) >= 11 is 0. The Morgan fingerprint density at radius 2 is 2.55 bits per heavy atom. The molecule has 2 heterocycles. The van der Waals surface area contributed by atoms with Crippen LogP contribution in [-0.2, 0) is 4.74 Å². The highest BCUT2D eigenvalue weighted by atomic mass is 16.5. The summed E-state index contributed by atoms with van der Waals surface area (Å²) in [6.45, 7) is 2.14. The maximum atomic E-state index is 5.16. The number of rotatable bonds is 2. The summed E-state index contributed by atoms with van der Waals surface area (Å²) in [5, 5.41) is 0. The van der Waals surface area contributed by atoms with Crippen molar-refractivity contribution in [2.24, 2.45) is 5.92 Å². The van der Waals surface area contributed by atoms with Crippen LogP contribution in [0.15, 0.2) is 12.3 Å². The molecule has 0 aromatic heterocycles. The lowest BCUT2D eigenvalue weighted by Gasteiger charge is -2.20. The van der Waals surface area contributed by atoms with Crippen LogP contribution in [0.25, 0.3) is 0 Å². The summed E-state index contributed by atoms with van der Waals surface area (Å²) in [6, 6.07) is 0.759. The van der Waals surface area contributed by atoms with Crippen molar-refractivity contribution < 1.29 is 4.74 Å². The quantitative estimate of drug-likeness (QED) is 0.592. The molecule has 1 fully saturated rings. The molecule has 62 valence electrons. The fraction of sp³-hybridized carbons (Fsp3) is 0.778. The predicted octanol–water partition coefficient (Wildman–Crippen LogP) is 1.24. The number of methoxy groups -OCH3 is 1. The maximum absolute atomic E-state index is 5.16. The Labute approximate surface area is 67.8 Å². The standard InChI is InChI=1S/C9H15NO/c1-11-7-8-4-6-10-5-2-3-9(8)10/h4,6,8-9H,2-3,5,7H2,1H3. The van der Waals surface area contributed by atoms with E-state index in [2.05, 4.69) is 17.2 Å². The fourth-order valence-corrected chi connectivity index (χ4v) is 2.17. The lowest BCUT2D eigenvalue weighted by molar-refractivity contribution is 0.144. The Morgan fingerprint density at radius 3 is 3.36 bits per heavy atom. The molecule has 2 aliphatic rings. The van der Waals surface area contributed by atoms with Gasteiger partial charge in [-0.1, -0.05) is 6.08 Å². The first-order valence-electron chi connectivity index (χ1n) is 4.35. The van der Waals surface area contributed by atoms with Gasteiger partial charge >= 0.3 is 0 Å². The molecule has 2 nitrogen and oxygen atoms in total. The molecule has 1 saturated heterocycles. The molecule has 2 unspecified atom stereocenters. The van der Waals surface area contributed by atoms with Crippen molar-refractivity contribution in [2.75, 3.05) is 20.3 Å². The van der Waals surface area contributed by atoms with Crippen molar-refractivity contribution in [3.05, 3.63) is 12.3 Å². The lowest BCUT2D eigenvalue weighted by Crippen LogP contribution is -2.27. The molecule has 0 saturated carbocycles. The van der Waals surface area contributed by atoms with Gasteiger partial charge in [0.05, 0.1) is 6.61 Å². The van der Waals surface area contributed by atoms with Gasteiger partial charge in [-0.3, -0.25) is 0 Å². The van der Waals surface area contributed by atoms with E-state index in [0.29, 0.717) is 5.92 Å². The summed E-state index contributed by atoms with van der Waals surface area (Å²) < 4.78 is 5.16. The van der Waals surface area contributed by atoms with Crippen LogP contribution in [0.4, 0.5) is 0 Å². The van der Waals surface area contributed by atoms with E-state index in [1.807, 2.05) is 0 Å². The van der Waals surface area contributed by atoms with Crippen molar-refractivity contribution >= 4 is 0 Å². The first kappa shape index (κ1) is 7.17. The topological polar surface area (TPSA) is 12.5 Å². The molecule has 0 N–H and O–H groups in total. The molecule has 0 bridgehead atoms. The van der Waals surface area contributed by atoms with Gasteiger partial charge in [-0.05, 0) is 19.0 Å².